The first-order valence-electron chi connectivity index (χ1n) is 7.03. The van der Waals surface area contributed by atoms with Gasteiger partial charge in [0.15, 0.2) is 12.4 Å². The lowest BCUT2D eigenvalue weighted by Crippen LogP contribution is -2.20. The van der Waals surface area contributed by atoms with Crippen LogP contribution in [0.1, 0.15) is 0 Å². The molecule has 98 valence electrons. The molecule has 2 heteroatoms. The largest absolute Gasteiger partial charge is 0.227 e. The number of pyridine rings is 2. The number of aromatic nitrogens is 1. The summed E-state index contributed by atoms with van der Waals surface area (Å²) in [6.45, 7) is 0. The summed E-state index contributed by atoms with van der Waals surface area (Å²) >= 11 is 1.80. The summed E-state index contributed by atoms with van der Waals surface area (Å²) in [7, 11) is 0. The van der Waals surface area contributed by atoms with Crippen LogP contribution in [0.4, 0.5) is 0 Å². The molecule has 0 aliphatic rings. The molecule has 21 heavy (non-hydrogen) atoms. The number of fused-ring (bicyclic) bond motifs is 7. The Morgan fingerprint density at radius 1 is 0.714 bits per heavy atom. The molecule has 1 nitrogen and oxygen atoms in total. The van der Waals surface area contributed by atoms with Crippen LogP contribution < -0.4 is 4.40 Å². The Kier molecular flexibility index (Phi) is 2.15. The molecule has 0 saturated heterocycles. The van der Waals surface area contributed by atoms with Crippen molar-refractivity contribution < 1.29 is 4.40 Å². The van der Waals surface area contributed by atoms with E-state index in [1.54, 1.807) is 11.3 Å². The molecular formula is C19H12NS+. The van der Waals surface area contributed by atoms with E-state index in [1.165, 1.54) is 37.1 Å². The molecule has 0 amide bonds. The van der Waals surface area contributed by atoms with Crippen molar-refractivity contribution in [3.63, 3.8) is 0 Å². The van der Waals surface area contributed by atoms with Crippen molar-refractivity contribution in [3.8, 4) is 0 Å². The minimum absolute atomic E-state index is 1.30. The van der Waals surface area contributed by atoms with Crippen LogP contribution in [0.5, 0.6) is 0 Å². The van der Waals surface area contributed by atoms with Gasteiger partial charge in [-0.05, 0) is 27.6 Å². The van der Waals surface area contributed by atoms with Crippen LogP contribution in [0.15, 0.2) is 72.4 Å². The normalized spacial score (nSPS) is 11.8. The van der Waals surface area contributed by atoms with E-state index in [9.17, 15) is 0 Å². The third-order valence-electron chi connectivity index (χ3n) is 4.21. The molecule has 0 radical (unpaired) electrons. The van der Waals surface area contributed by atoms with Gasteiger partial charge in [-0.2, -0.15) is 4.40 Å². The lowest BCUT2D eigenvalue weighted by Gasteiger charge is -2.04. The van der Waals surface area contributed by atoms with E-state index in [4.69, 9.17) is 0 Å². The Labute approximate surface area is 125 Å². The molecule has 3 aromatic heterocycles. The fourth-order valence-corrected chi connectivity index (χ4v) is 4.03. The van der Waals surface area contributed by atoms with Crippen LogP contribution in [-0.2, 0) is 0 Å². The van der Waals surface area contributed by atoms with Crippen molar-refractivity contribution in [2.45, 2.75) is 0 Å². The van der Waals surface area contributed by atoms with E-state index in [0.29, 0.717) is 0 Å². The first-order chi connectivity index (χ1) is 10.4. The molecule has 5 rings (SSSR count). The molecule has 0 aliphatic carbocycles. The third kappa shape index (κ3) is 1.48. The molecule has 0 unspecified atom stereocenters. The molecule has 5 aromatic rings. The predicted octanol–water partition coefficient (Wildman–Crippen LogP) is 4.95. The van der Waals surface area contributed by atoms with E-state index in [2.05, 4.69) is 76.8 Å². The average molecular weight is 286 g/mol. The summed E-state index contributed by atoms with van der Waals surface area (Å²) in [5, 5.41) is 8.78. The Bertz CT molecular complexity index is 1130. The summed E-state index contributed by atoms with van der Waals surface area (Å²) in [4.78, 5) is 0. The summed E-state index contributed by atoms with van der Waals surface area (Å²) in [6.07, 6.45) is 4.32. The maximum absolute atomic E-state index is 2.24. The van der Waals surface area contributed by atoms with Crippen molar-refractivity contribution in [2.24, 2.45) is 0 Å². The van der Waals surface area contributed by atoms with E-state index in [1.807, 2.05) is 0 Å². The van der Waals surface area contributed by atoms with Crippen LogP contribution in [0.2, 0.25) is 0 Å². The smallest absolute Gasteiger partial charge is 0.166 e. The highest BCUT2D eigenvalue weighted by Crippen LogP contribution is 2.32. The first kappa shape index (κ1) is 11.2. The van der Waals surface area contributed by atoms with Crippen LogP contribution in [0.3, 0.4) is 0 Å². The summed E-state index contributed by atoms with van der Waals surface area (Å²) in [6, 6.07) is 19.7. The SMILES string of the molecule is c1ccc2c(c1)ccc1cc[n+]3ccc4sccc4c3c12. The van der Waals surface area contributed by atoms with Gasteiger partial charge < -0.3 is 0 Å². The zero-order chi connectivity index (χ0) is 13.8. The fraction of sp³-hybridized carbons (Fsp3) is 0. The fourth-order valence-electron chi connectivity index (χ4n) is 3.25. The van der Waals surface area contributed by atoms with Gasteiger partial charge in [-0.25, -0.2) is 0 Å². The van der Waals surface area contributed by atoms with Gasteiger partial charge in [0, 0.05) is 16.8 Å². The van der Waals surface area contributed by atoms with E-state index in [-0.39, 0.29) is 0 Å². The second-order valence-electron chi connectivity index (χ2n) is 5.34. The second-order valence-corrected chi connectivity index (χ2v) is 6.28. The van der Waals surface area contributed by atoms with Gasteiger partial charge in [0.25, 0.3) is 0 Å². The predicted molar refractivity (Wildman–Crippen MR) is 90.0 cm³/mol. The van der Waals surface area contributed by atoms with Crippen LogP contribution >= 0.6 is 11.3 Å². The van der Waals surface area contributed by atoms with Gasteiger partial charge in [-0.3, -0.25) is 0 Å². The number of hydrogen-bond acceptors (Lipinski definition) is 1. The number of benzene rings is 2. The summed E-state index contributed by atoms with van der Waals surface area (Å²) in [5.74, 6) is 0. The number of nitrogens with zero attached hydrogens (tertiary/aromatic N) is 1. The molecule has 0 aliphatic heterocycles. The van der Waals surface area contributed by atoms with E-state index < -0.39 is 0 Å². The van der Waals surface area contributed by atoms with Crippen molar-refractivity contribution in [1.29, 1.82) is 0 Å². The van der Waals surface area contributed by atoms with Crippen LogP contribution in [0, 0.1) is 0 Å². The Morgan fingerprint density at radius 2 is 1.57 bits per heavy atom. The van der Waals surface area contributed by atoms with E-state index in [0.717, 1.165) is 0 Å². The van der Waals surface area contributed by atoms with Gasteiger partial charge >= 0.3 is 0 Å². The third-order valence-corrected chi connectivity index (χ3v) is 5.09. The molecule has 0 bridgehead atoms. The van der Waals surface area contributed by atoms with Crippen molar-refractivity contribution in [2.75, 3.05) is 0 Å². The van der Waals surface area contributed by atoms with Gasteiger partial charge in [0.2, 0.25) is 5.52 Å². The van der Waals surface area contributed by atoms with Gasteiger partial charge in [0.1, 0.15) is 0 Å². The molecule has 0 saturated carbocycles. The lowest BCUT2D eigenvalue weighted by atomic mass is 10.0. The van der Waals surface area contributed by atoms with Crippen molar-refractivity contribution in [3.05, 3.63) is 72.4 Å². The van der Waals surface area contributed by atoms with Crippen LogP contribution in [-0.4, -0.2) is 0 Å². The highest BCUT2D eigenvalue weighted by Gasteiger charge is 2.15. The molecular weight excluding hydrogens is 274 g/mol. The average Bonchev–Trinajstić information content (AvgIpc) is 3.02. The standard InChI is InChI=1S/C19H12NS/c1-2-4-15-13(3-1)5-6-14-7-10-20-11-8-17-16(9-12-21-17)19(20)18(14)15/h1-12H/q+1. The monoisotopic (exact) mass is 286 g/mol. The number of rotatable bonds is 0. The molecule has 0 atom stereocenters. The Morgan fingerprint density at radius 3 is 2.57 bits per heavy atom. The quantitative estimate of drug-likeness (QED) is 0.280. The van der Waals surface area contributed by atoms with Crippen LogP contribution in [0.25, 0.3) is 37.1 Å². The number of hydrogen-bond donors (Lipinski definition) is 0. The first-order valence-corrected chi connectivity index (χ1v) is 7.91. The molecule has 0 fully saturated rings. The zero-order valence-electron chi connectivity index (χ0n) is 11.3. The second kappa shape index (κ2) is 4.03. The Balaban J connectivity index is 2.21. The van der Waals surface area contributed by atoms with Gasteiger partial charge in [-0.15, -0.1) is 11.3 Å². The molecule has 0 N–H and O–H groups in total. The highest BCUT2D eigenvalue weighted by molar-refractivity contribution is 7.17. The minimum Gasteiger partial charge on any atom is -0.166 e. The van der Waals surface area contributed by atoms with Crippen molar-refractivity contribution >= 4 is 48.5 Å². The molecule has 2 aromatic carbocycles. The van der Waals surface area contributed by atoms with Crippen molar-refractivity contribution in [1.82, 2.24) is 0 Å². The van der Waals surface area contributed by atoms with Gasteiger partial charge in [-0.1, -0.05) is 36.4 Å². The Hall–Kier alpha value is -2.45. The topological polar surface area (TPSA) is 4.10 Å². The molecule has 0 spiro atoms. The summed E-state index contributed by atoms with van der Waals surface area (Å²) in [5.41, 5.74) is 1.31. The number of thiophene rings is 1. The molecule has 3 heterocycles. The highest BCUT2D eigenvalue weighted by atomic mass is 32.1. The minimum atomic E-state index is 1.30. The summed E-state index contributed by atoms with van der Waals surface area (Å²) < 4.78 is 3.58. The maximum atomic E-state index is 2.24. The lowest BCUT2D eigenvalue weighted by molar-refractivity contribution is -0.509. The van der Waals surface area contributed by atoms with E-state index >= 15 is 0 Å². The maximum Gasteiger partial charge on any atom is 0.227 e. The van der Waals surface area contributed by atoms with Gasteiger partial charge in [0.05, 0.1) is 10.8 Å². The zero-order valence-corrected chi connectivity index (χ0v) is 12.1.